The molecular weight excluding hydrogens is 350 g/mol. The number of aldehydes is 1. The topological polar surface area (TPSA) is 67.6 Å². The fourth-order valence-electron chi connectivity index (χ4n) is 3.10. The SMILES string of the molecule is CN\C(=C/C(C)=C/C=C(N)\C=C(/C)C=O)c1ccccc1N1CCCOCC1. The van der Waals surface area contributed by atoms with Crippen molar-refractivity contribution in [1.29, 1.82) is 0 Å². The lowest BCUT2D eigenvalue weighted by atomic mass is 10.1. The molecule has 1 aliphatic heterocycles. The Morgan fingerprint density at radius 1 is 1.11 bits per heavy atom. The van der Waals surface area contributed by atoms with Gasteiger partial charge in [0.1, 0.15) is 6.29 Å². The lowest BCUT2D eigenvalue weighted by molar-refractivity contribution is -0.104. The lowest BCUT2D eigenvalue weighted by Crippen LogP contribution is -2.27. The van der Waals surface area contributed by atoms with E-state index in [0.717, 1.165) is 55.8 Å². The van der Waals surface area contributed by atoms with Gasteiger partial charge in [-0.2, -0.15) is 0 Å². The van der Waals surface area contributed by atoms with Crippen LogP contribution in [0.1, 0.15) is 25.8 Å². The molecule has 5 nitrogen and oxygen atoms in total. The molecule has 0 bridgehead atoms. The van der Waals surface area contributed by atoms with E-state index in [-0.39, 0.29) is 0 Å². The van der Waals surface area contributed by atoms with Crippen molar-refractivity contribution in [3.63, 3.8) is 0 Å². The minimum absolute atomic E-state index is 0.549. The molecule has 1 aromatic carbocycles. The molecule has 0 spiro atoms. The summed E-state index contributed by atoms with van der Waals surface area (Å²) in [6.07, 6.45) is 9.35. The van der Waals surface area contributed by atoms with Crippen molar-refractivity contribution in [2.24, 2.45) is 5.73 Å². The number of allylic oxidation sites excluding steroid dienone is 6. The molecule has 3 N–H and O–H groups in total. The molecule has 1 aromatic rings. The van der Waals surface area contributed by atoms with E-state index in [4.69, 9.17) is 10.5 Å². The number of carbonyl (C=O) groups excluding carboxylic acids is 1. The van der Waals surface area contributed by atoms with E-state index in [1.807, 2.05) is 26.1 Å². The molecule has 0 aromatic heterocycles. The molecule has 5 heteroatoms. The highest BCUT2D eigenvalue weighted by Crippen LogP contribution is 2.27. The van der Waals surface area contributed by atoms with Crippen LogP contribution < -0.4 is 16.0 Å². The lowest BCUT2D eigenvalue weighted by Gasteiger charge is -2.25. The maximum atomic E-state index is 10.7. The molecule has 2 rings (SSSR count). The zero-order valence-electron chi connectivity index (χ0n) is 17.1. The fraction of sp³-hybridized carbons (Fsp3) is 0.348. The molecule has 1 heterocycles. The van der Waals surface area contributed by atoms with E-state index in [9.17, 15) is 4.79 Å². The Balaban J connectivity index is 2.30. The number of para-hydroxylation sites is 1. The van der Waals surface area contributed by atoms with Crippen LogP contribution in [0.2, 0.25) is 0 Å². The Morgan fingerprint density at radius 3 is 2.64 bits per heavy atom. The summed E-state index contributed by atoms with van der Waals surface area (Å²) in [5, 5.41) is 3.33. The van der Waals surface area contributed by atoms with Crippen LogP contribution in [0.15, 0.2) is 65.4 Å². The summed E-state index contributed by atoms with van der Waals surface area (Å²) in [6.45, 7) is 7.22. The second kappa shape index (κ2) is 11.1. The van der Waals surface area contributed by atoms with Gasteiger partial charge in [-0.25, -0.2) is 0 Å². The highest BCUT2D eigenvalue weighted by atomic mass is 16.5. The first kappa shape index (κ1) is 21.5. The van der Waals surface area contributed by atoms with Crippen molar-refractivity contribution in [2.75, 3.05) is 38.3 Å². The highest BCUT2D eigenvalue weighted by Gasteiger charge is 2.15. The van der Waals surface area contributed by atoms with Gasteiger partial charge in [-0.1, -0.05) is 24.3 Å². The van der Waals surface area contributed by atoms with Crippen molar-refractivity contribution in [1.82, 2.24) is 5.32 Å². The summed E-state index contributed by atoms with van der Waals surface area (Å²) >= 11 is 0. The maximum absolute atomic E-state index is 10.7. The predicted molar refractivity (Wildman–Crippen MR) is 117 cm³/mol. The van der Waals surface area contributed by atoms with E-state index < -0.39 is 0 Å². The average molecular weight is 382 g/mol. The number of nitrogens with zero attached hydrogens (tertiary/aromatic N) is 1. The Hall–Kier alpha value is -2.79. The smallest absolute Gasteiger partial charge is 0.145 e. The van der Waals surface area contributed by atoms with E-state index in [1.165, 1.54) is 5.69 Å². The van der Waals surface area contributed by atoms with Crippen molar-refractivity contribution >= 4 is 17.7 Å². The Labute approximate surface area is 168 Å². The molecule has 0 aliphatic carbocycles. The molecule has 1 saturated heterocycles. The number of anilines is 1. The third kappa shape index (κ3) is 6.43. The minimum Gasteiger partial charge on any atom is -0.399 e. The fourth-order valence-corrected chi connectivity index (χ4v) is 3.10. The summed E-state index contributed by atoms with van der Waals surface area (Å²) in [4.78, 5) is 13.1. The van der Waals surface area contributed by atoms with Gasteiger partial charge in [0.05, 0.1) is 6.61 Å². The second-order valence-corrected chi connectivity index (χ2v) is 6.86. The van der Waals surface area contributed by atoms with Crippen LogP contribution in [-0.4, -0.2) is 39.6 Å². The quantitative estimate of drug-likeness (QED) is 0.430. The Morgan fingerprint density at radius 2 is 1.89 bits per heavy atom. The van der Waals surface area contributed by atoms with E-state index in [2.05, 4.69) is 40.6 Å². The molecule has 1 fully saturated rings. The minimum atomic E-state index is 0.549. The number of ether oxygens (including phenoxy) is 1. The maximum Gasteiger partial charge on any atom is 0.145 e. The molecular formula is C23H31N3O2. The zero-order chi connectivity index (χ0) is 20.4. The van der Waals surface area contributed by atoms with Crippen LogP contribution in [0.4, 0.5) is 5.69 Å². The standard InChI is InChI=1S/C23H31N3O2/c1-18(9-10-20(24)15-19(2)17-27)16-22(25-3)21-7-4-5-8-23(21)26-11-6-13-28-14-12-26/h4-5,7-10,15-17,25H,6,11-14,24H2,1-3H3/b18-9+,19-15+,20-10+,22-16-. The van der Waals surface area contributed by atoms with Gasteiger partial charge in [0.25, 0.3) is 0 Å². The van der Waals surface area contributed by atoms with Crippen molar-refractivity contribution in [2.45, 2.75) is 20.3 Å². The third-order valence-corrected chi connectivity index (χ3v) is 4.52. The number of nitrogens with two attached hydrogens (primary N) is 1. The number of hydrogen-bond acceptors (Lipinski definition) is 5. The number of rotatable bonds is 7. The summed E-state index contributed by atoms with van der Waals surface area (Å²) in [5.74, 6) is 0. The van der Waals surface area contributed by atoms with E-state index in [0.29, 0.717) is 11.3 Å². The molecule has 0 unspecified atom stereocenters. The average Bonchev–Trinajstić information content (AvgIpc) is 3.00. The first-order valence-electron chi connectivity index (χ1n) is 9.64. The number of carbonyl (C=O) groups is 1. The highest BCUT2D eigenvalue weighted by molar-refractivity contribution is 5.77. The number of hydrogen-bond donors (Lipinski definition) is 2. The van der Waals surface area contributed by atoms with Crippen LogP contribution >= 0.6 is 0 Å². The van der Waals surface area contributed by atoms with Gasteiger partial charge in [0, 0.05) is 49.4 Å². The molecule has 28 heavy (non-hydrogen) atoms. The second-order valence-electron chi connectivity index (χ2n) is 6.86. The molecule has 0 radical (unpaired) electrons. The summed E-state index contributed by atoms with van der Waals surface area (Å²) in [7, 11) is 1.93. The first-order chi connectivity index (χ1) is 13.5. The predicted octanol–water partition coefficient (Wildman–Crippen LogP) is 3.41. The van der Waals surface area contributed by atoms with E-state index in [1.54, 1.807) is 13.0 Å². The van der Waals surface area contributed by atoms with Crippen LogP contribution in [0.5, 0.6) is 0 Å². The van der Waals surface area contributed by atoms with Crippen LogP contribution in [0.25, 0.3) is 5.70 Å². The Kier molecular flexibility index (Phi) is 8.56. The summed E-state index contributed by atoms with van der Waals surface area (Å²) in [6, 6.07) is 8.43. The number of nitrogens with one attached hydrogen (secondary N) is 1. The van der Waals surface area contributed by atoms with Gasteiger partial charge in [-0.15, -0.1) is 0 Å². The summed E-state index contributed by atoms with van der Waals surface area (Å²) < 4.78 is 5.60. The monoisotopic (exact) mass is 381 g/mol. The van der Waals surface area contributed by atoms with Gasteiger partial charge in [-0.3, -0.25) is 4.79 Å². The third-order valence-electron chi connectivity index (χ3n) is 4.52. The van der Waals surface area contributed by atoms with Crippen LogP contribution in [0.3, 0.4) is 0 Å². The van der Waals surface area contributed by atoms with Crippen molar-refractivity contribution < 1.29 is 9.53 Å². The largest absolute Gasteiger partial charge is 0.399 e. The Bertz CT molecular complexity index is 783. The summed E-state index contributed by atoms with van der Waals surface area (Å²) in [5.41, 5.74) is 11.6. The van der Waals surface area contributed by atoms with Crippen molar-refractivity contribution in [3.8, 4) is 0 Å². The normalized spacial score (nSPS) is 17.3. The van der Waals surface area contributed by atoms with Gasteiger partial charge >= 0.3 is 0 Å². The van der Waals surface area contributed by atoms with Crippen LogP contribution in [0, 0.1) is 0 Å². The van der Waals surface area contributed by atoms with E-state index >= 15 is 0 Å². The van der Waals surface area contributed by atoms with Gasteiger partial charge in [-0.05, 0) is 55.7 Å². The van der Waals surface area contributed by atoms with Crippen molar-refractivity contribution in [3.05, 3.63) is 71.0 Å². The number of benzene rings is 1. The van der Waals surface area contributed by atoms with Gasteiger partial charge in [0.15, 0.2) is 0 Å². The zero-order valence-corrected chi connectivity index (χ0v) is 17.1. The molecule has 1 aliphatic rings. The van der Waals surface area contributed by atoms with Gasteiger partial charge < -0.3 is 20.7 Å². The molecule has 0 amide bonds. The molecule has 150 valence electrons. The first-order valence-corrected chi connectivity index (χ1v) is 9.64. The van der Waals surface area contributed by atoms with Crippen LogP contribution in [-0.2, 0) is 9.53 Å². The van der Waals surface area contributed by atoms with Gasteiger partial charge in [0.2, 0.25) is 0 Å². The molecule has 0 saturated carbocycles. The molecule has 0 atom stereocenters.